The maximum absolute atomic E-state index is 12.0. The molecule has 0 unspecified atom stereocenters. The summed E-state index contributed by atoms with van der Waals surface area (Å²) >= 11 is 0. The summed E-state index contributed by atoms with van der Waals surface area (Å²) in [6, 6.07) is 12.0. The van der Waals surface area contributed by atoms with Gasteiger partial charge in [0.25, 0.3) is 5.91 Å². The Morgan fingerprint density at radius 2 is 2.05 bits per heavy atom. The van der Waals surface area contributed by atoms with Gasteiger partial charge in [0.15, 0.2) is 0 Å². The molecule has 0 heterocycles. The number of aromatic hydroxyl groups is 1. The summed E-state index contributed by atoms with van der Waals surface area (Å²) in [6.07, 6.45) is 1.37. The van der Waals surface area contributed by atoms with Crippen molar-refractivity contribution in [1.29, 1.82) is 0 Å². The number of carbonyl (C=O) groups is 1. The Balaban J connectivity index is 2.09. The van der Waals surface area contributed by atoms with Gasteiger partial charge in [-0.1, -0.05) is 18.2 Å². The molecule has 0 atom stereocenters. The van der Waals surface area contributed by atoms with Crippen molar-refractivity contribution in [3.8, 4) is 11.5 Å². The van der Waals surface area contributed by atoms with Gasteiger partial charge in [-0.25, -0.2) is 5.43 Å². The monoisotopic (exact) mass is 284 g/mol. The Morgan fingerprint density at radius 1 is 1.29 bits per heavy atom. The number of benzene rings is 2. The third-order valence-corrected chi connectivity index (χ3v) is 2.99. The first kappa shape index (κ1) is 14.6. The second kappa shape index (κ2) is 6.56. The minimum atomic E-state index is -0.299. The Labute approximate surface area is 122 Å². The van der Waals surface area contributed by atoms with Gasteiger partial charge in [0.05, 0.1) is 13.3 Å². The molecule has 2 rings (SSSR count). The van der Waals surface area contributed by atoms with E-state index in [0.717, 1.165) is 5.56 Å². The smallest absolute Gasteiger partial charge is 0.271 e. The molecule has 0 aliphatic carbocycles. The highest BCUT2D eigenvalue weighted by Crippen LogP contribution is 2.20. The fourth-order valence-corrected chi connectivity index (χ4v) is 1.81. The largest absolute Gasteiger partial charge is 0.507 e. The molecule has 108 valence electrons. The van der Waals surface area contributed by atoms with E-state index in [1.54, 1.807) is 24.3 Å². The van der Waals surface area contributed by atoms with E-state index in [0.29, 0.717) is 16.9 Å². The zero-order valence-electron chi connectivity index (χ0n) is 11.8. The summed E-state index contributed by atoms with van der Waals surface area (Å²) in [5.74, 6) is 0.357. The molecule has 21 heavy (non-hydrogen) atoms. The van der Waals surface area contributed by atoms with Crippen LogP contribution in [0, 0.1) is 6.92 Å². The highest BCUT2D eigenvalue weighted by atomic mass is 16.5. The van der Waals surface area contributed by atoms with Crippen LogP contribution in [0.2, 0.25) is 0 Å². The molecule has 5 heteroatoms. The quantitative estimate of drug-likeness (QED) is 0.669. The van der Waals surface area contributed by atoms with Gasteiger partial charge in [-0.3, -0.25) is 4.79 Å². The molecule has 0 aliphatic heterocycles. The highest BCUT2D eigenvalue weighted by molar-refractivity contribution is 5.96. The van der Waals surface area contributed by atoms with Crippen LogP contribution in [0.25, 0.3) is 0 Å². The maximum Gasteiger partial charge on any atom is 0.271 e. The van der Waals surface area contributed by atoms with Crippen LogP contribution in [0.1, 0.15) is 21.5 Å². The van der Waals surface area contributed by atoms with E-state index in [1.807, 2.05) is 19.1 Å². The predicted octanol–water partition coefficient (Wildman–Crippen LogP) is 2.47. The van der Waals surface area contributed by atoms with Crippen molar-refractivity contribution in [2.24, 2.45) is 5.10 Å². The molecule has 0 aliphatic rings. The van der Waals surface area contributed by atoms with Crippen molar-refractivity contribution < 1.29 is 14.6 Å². The Bertz CT molecular complexity index is 681. The molecule has 0 saturated heterocycles. The van der Waals surface area contributed by atoms with Crippen molar-refractivity contribution in [2.45, 2.75) is 6.92 Å². The number of rotatable bonds is 4. The number of carbonyl (C=O) groups excluding carboxylic acids is 1. The van der Waals surface area contributed by atoms with E-state index in [9.17, 15) is 9.90 Å². The molecular weight excluding hydrogens is 268 g/mol. The van der Waals surface area contributed by atoms with Crippen LogP contribution in [-0.4, -0.2) is 24.3 Å². The molecule has 0 radical (unpaired) electrons. The van der Waals surface area contributed by atoms with Gasteiger partial charge in [-0.15, -0.1) is 0 Å². The number of aryl methyl sites for hydroxylation is 1. The van der Waals surface area contributed by atoms with Gasteiger partial charge in [-0.2, -0.15) is 5.10 Å². The molecule has 5 nitrogen and oxygen atoms in total. The topological polar surface area (TPSA) is 70.9 Å². The Kier molecular flexibility index (Phi) is 4.56. The number of amides is 1. The average molecular weight is 284 g/mol. The number of nitrogens with zero attached hydrogens (tertiary/aromatic N) is 1. The van der Waals surface area contributed by atoms with Crippen molar-refractivity contribution >= 4 is 12.1 Å². The molecule has 2 N–H and O–H groups in total. The number of hydrazone groups is 1. The van der Waals surface area contributed by atoms with Gasteiger partial charge < -0.3 is 9.84 Å². The summed E-state index contributed by atoms with van der Waals surface area (Å²) < 4.78 is 5.06. The lowest BCUT2D eigenvalue weighted by atomic mass is 10.1. The summed E-state index contributed by atoms with van der Waals surface area (Å²) in [6.45, 7) is 1.85. The van der Waals surface area contributed by atoms with E-state index >= 15 is 0 Å². The molecule has 0 bridgehead atoms. The van der Waals surface area contributed by atoms with E-state index in [4.69, 9.17) is 4.74 Å². The molecule has 2 aromatic rings. The Hall–Kier alpha value is -2.82. The number of nitrogens with one attached hydrogen (secondary N) is 1. The van der Waals surface area contributed by atoms with Crippen LogP contribution >= 0.6 is 0 Å². The number of methoxy groups -OCH3 is 1. The lowest BCUT2D eigenvalue weighted by molar-refractivity contribution is 0.0954. The minimum absolute atomic E-state index is 0.0599. The van der Waals surface area contributed by atoms with Crippen LogP contribution in [0.4, 0.5) is 0 Å². The summed E-state index contributed by atoms with van der Waals surface area (Å²) in [5, 5.41) is 13.6. The fourth-order valence-electron chi connectivity index (χ4n) is 1.81. The number of phenols is 1. The van der Waals surface area contributed by atoms with Gasteiger partial charge in [0.1, 0.15) is 11.5 Å². The van der Waals surface area contributed by atoms with E-state index < -0.39 is 0 Å². The summed E-state index contributed by atoms with van der Waals surface area (Å²) in [4.78, 5) is 12.0. The SMILES string of the molecule is COc1ccc(O)c(/C=N\NC(=O)c2ccccc2C)c1. The van der Waals surface area contributed by atoms with E-state index in [-0.39, 0.29) is 11.7 Å². The third-order valence-electron chi connectivity index (χ3n) is 2.99. The average Bonchev–Trinajstić information content (AvgIpc) is 2.49. The zero-order chi connectivity index (χ0) is 15.2. The van der Waals surface area contributed by atoms with Crippen molar-refractivity contribution in [1.82, 2.24) is 5.43 Å². The Morgan fingerprint density at radius 3 is 2.76 bits per heavy atom. The second-order valence-electron chi connectivity index (χ2n) is 4.44. The molecule has 0 saturated carbocycles. The standard InChI is InChI=1S/C16H16N2O3/c1-11-5-3-4-6-14(11)16(20)18-17-10-12-9-13(21-2)7-8-15(12)19/h3-10,19H,1-2H3,(H,18,20)/b17-10-. The van der Waals surface area contributed by atoms with E-state index in [2.05, 4.69) is 10.5 Å². The first-order valence-corrected chi connectivity index (χ1v) is 6.38. The number of phenolic OH excluding ortho intramolecular Hbond substituents is 1. The lowest BCUT2D eigenvalue weighted by Gasteiger charge is -2.04. The zero-order valence-corrected chi connectivity index (χ0v) is 11.8. The van der Waals surface area contributed by atoms with E-state index in [1.165, 1.54) is 19.4 Å². The summed E-state index contributed by atoms with van der Waals surface area (Å²) in [7, 11) is 1.53. The van der Waals surface area contributed by atoms with Gasteiger partial charge >= 0.3 is 0 Å². The first-order chi connectivity index (χ1) is 10.1. The predicted molar refractivity (Wildman–Crippen MR) is 80.9 cm³/mol. The highest BCUT2D eigenvalue weighted by Gasteiger charge is 2.06. The second-order valence-corrected chi connectivity index (χ2v) is 4.44. The minimum Gasteiger partial charge on any atom is -0.507 e. The van der Waals surface area contributed by atoms with Crippen molar-refractivity contribution in [2.75, 3.05) is 7.11 Å². The number of ether oxygens (including phenoxy) is 1. The number of hydrogen-bond acceptors (Lipinski definition) is 4. The maximum atomic E-state index is 12.0. The van der Waals surface area contributed by atoms with Crippen LogP contribution in [0.5, 0.6) is 11.5 Å². The molecular formula is C16H16N2O3. The number of hydrogen-bond donors (Lipinski definition) is 2. The third kappa shape index (κ3) is 3.60. The molecule has 2 aromatic carbocycles. The fraction of sp³-hybridized carbons (Fsp3) is 0.125. The first-order valence-electron chi connectivity index (χ1n) is 6.38. The van der Waals surface area contributed by atoms with Crippen molar-refractivity contribution in [3.63, 3.8) is 0 Å². The molecule has 0 fully saturated rings. The van der Waals surface area contributed by atoms with Gasteiger partial charge in [0.2, 0.25) is 0 Å². The van der Waals surface area contributed by atoms with Crippen LogP contribution in [0.15, 0.2) is 47.6 Å². The van der Waals surface area contributed by atoms with Crippen molar-refractivity contribution in [3.05, 3.63) is 59.2 Å². The lowest BCUT2D eigenvalue weighted by Crippen LogP contribution is -2.18. The normalized spacial score (nSPS) is 10.6. The molecule has 0 aromatic heterocycles. The molecule has 1 amide bonds. The summed E-state index contributed by atoms with van der Waals surface area (Å²) in [5.41, 5.74) is 4.32. The van der Waals surface area contributed by atoms with Gasteiger partial charge in [-0.05, 0) is 36.8 Å². The van der Waals surface area contributed by atoms with Gasteiger partial charge in [0, 0.05) is 11.1 Å². The molecule has 0 spiro atoms. The van der Waals surface area contributed by atoms with Crippen LogP contribution in [-0.2, 0) is 0 Å². The van der Waals surface area contributed by atoms with Crippen LogP contribution < -0.4 is 10.2 Å². The van der Waals surface area contributed by atoms with Crippen LogP contribution in [0.3, 0.4) is 0 Å².